The maximum absolute atomic E-state index is 10.0. The van der Waals surface area contributed by atoms with Crippen LogP contribution < -0.4 is 0 Å². The second-order valence-corrected chi connectivity index (χ2v) is 3.37. The first-order chi connectivity index (χ1) is 3.27. The van der Waals surface area contributed by atoms with Crippen molar-refractivity contribution in [2.24, 2.45) is 0 Å². The average molecular weight is 133 g/mol. The Bertz CT molecular complexity index is 108. The van der Waals surface area contributed by atoms with Crippen LogP contribution in [0.1, 0.15) is 6.92 Å². The van der Waals surface area contributed by atoms with Crippen LogP contribution in [-0.2, 0) is 4.79 Å². The van der Waals surface area contributed by atoms with Crippen LogP contribution in [0.25, 0.3) is 0 Å². The van der Waals surface area contributed by atoms with Crippen molar-refractivity contribution in [1.82, 2.24) is 0 Å². The van der Waals surface area contributed by atoms with Gasteiger partial charge in [-0.2, -0.15) is 5.26 Å². The SMILES string of the molecule is CC(=O)PSC#N. The zero-order valence-electron chi connectivity index (χ0n) is 3.76. The number of rotatable bonds is 2. The number of hydrogen-bond donors (Lipinski definition) is 0. The van der Waals surface area contributed by atoms with Crippen LogP contribution in [-0.4, -0.2) is 5.52 Å². The molecule has 38 valence electrons. The maximum Gasteiger partial charge on any atom is 0.159 e. The Hall–Kier alpha value is -0.0600. The molecule has 0 aromatic rings. The van der Waals surface area contributed by atoms with Crippen LogP contribution in [0.2, 0.25) is 0 Å². The molecule has 2 nitrogen and oxygen atoms in total. The molecule has 7 heavy (non-hydrogen) atoms. The molecular weight excluding hydrogens is 129 g/mol. The normalized spacial score (nSPS) is 9.14. The quantitative estimate of drug-likeness (QED) is 0.421. The highest BCUT2D eigenvalue weighted by atomic mass is 32.7. The van der Waals surface area contributed by atoms with Gasteiger partial charge in [-0.05, 0) is 18.3 Å². The van der Waals surface area contributed by atoms with Gasteiger partial charge in [-0.25, -0.2) is 0 Å². The lowest BCUT2D eigenvalue weighted by molar-refractivity contribution is -0.109. The second-order valence-electron chi connectivity index (χ2n) is 0.852. The van der Waals surface area contributed by atoms with E-state index in [2.05, 4.69) is 0 Å². The first-order valence-corrected chi connectivity index (χ1v) is 4.13. The summed E-state index contributed by atoms with van der Waals surface area (Å²) in [5.41, 5.74) is 0.0755. The minimum Gasteiger partial charge on any atom is -0.294 e. The fourth-order valence-electron chi connectivity index (χ4n) is 0.0947. The molecule has 0 amide bonds. The fourth-order valence-corrected chi connectivity index (χ4v) is 0.852. The predicted octanol–water partition coefficient (Wildman–Crippen LogP) is 1.34. The minimum atomic E-state index is 0.0755. The summed E-state index contributed by atoms with van der Waals surface area (Å²) < 4.78 is 0. The van der Waals surface area contributed by atoms with Crippen LogP contribution in [0.3, 0.4) is 0 Å². The van der Waals surface area contributed by atoms with Crippen molar-refractivity contribution in [1.29, 1.82) is 5.26 Å². The van der Waals surface area contributed by atoms with E-state index in [0.29, 0.717) is 0 Å². The number of nitrogens with zero attached hydrogens (tertiary/aromatic N) is 1. The number of carbonyl (C=O) groups is 1. The number of carbonyl (C=O) groups excluding carboxylic acids is 1. The molecule has 0 rings (SSSR count). The molecule has 0 saturated carbocycles. The monoisotopic (exact) mass is 133 g/mol. The van der Waals surface area contributed by atoms with Crippen molar-refractivity contribution in [2.75, 3.05) is 0 Å². The van der Waals surface area contributed by atoms with Crippen molar-refractivity contribution >= 4 is 24.7 Å². The van der Waals surface area contributed by atoms with E-state index in [4.69, 9.17) is 5.26 Å². The van der Waals surface area contributed by atoms with E-state index in [1.165, 1.54) is 6.92 Å². The standard InChI is InChI=1S/C3H4NOPS/c1-3(5)6-7-2-4/h6H,1H3. The minimum absolute atomic E-state index is 0.0755. The maximum atomic E-state index is 10.0. The molecular formula is C3H4NOPS. The third-order valence-electron chi connectivity index (χ3n) is 0.240. The van der Waals surface area contributed by atoms with Crippen LogP contribution in [0.5, 0.6) is 0 Å². The lowest BCUT2D eigenvalue weighted by atomic mass is 10.9. The Kier molecular flexibility index (Phi) is 4.07. The molecule has 0 saturated heterocycles. The van der Waals surface area contributed by atoms with Gasteiger partial charge in [0.25, 0.3) is 0 Å². The molecule has 0 aliphatic heterocycles. The fraction of sp³-hybridized carbons (Fsp3) is 0.333. The molecule has 0 heterocycles. The van der Waals surface area contributed by atoms with Gasteiger partial charge < -0.3 is 0 Å². The molecule has 0 spiro atoms. The zero-order valence-corrected chi connectivity index (χ0v) is 5.58. The Labute approximate surface area is 47.8 Å². The van der Waals surface area contributed by atoms with E-state index >= 15 is 0 Å². The summed E-state index contributed by atoms with van der Waals surface area (Å²) >= 11 is 1.000. The number of hydrogen-bond acceptors (Lipinski definition) is 3. The summed E-state index contributed by atoms with van der Waals surface area (Å²) in [5.74, 6) is 0. The molecule has 1 atom stereocenters. The summed E-state index contributed by atoms with van der Waals surface area (Å²) in [7, 11) is 0.105. The molecule has 0 radical (unpaired) electrons. The molecule has 4 heteroatoms. The van der Waals surface area contributed by atoms with Gasteiger partial charge in [0.1, 0.15) is 5.40 Å². The Morgan fingerprint density at radius 2 is 2.57 bits per heavy atom. The van der Waals surface area contributed by atoms with Crippen molar-refractivity contribution in [3.63, 3.8) is 0 Å². The lowest BCUT2D eigenvalue weighted by Gasteiger charge is -1.78. The summed E-state index contributed by atoms with van der Waals surface area (Å²) in [6.45, 7) is 1.47. The molecule has 0 fully saturated rings. The van der Waals surface area contributed by atoms with Crippen LogP contribution in [0, 0.1) is 10.7 Å². The van der Waals surface area contributed by atoms with E-state index in [0.717, 1.165) is 11.4 Å². The predicted molar refractivity (Wildman–Crippen MR) is 32.2 cm³/mol. The average Bonchev–Trinajstić information content (AvgIpc) is 1.61. The van der Waals surface area contributed by atoms with Crippen molar-refractivity contribution in [2.45, 2.75) is 6.92 Å². The topological polar surface area (TPSA) is 40.9 Å². The highest BCUT2D eigenvalue weighted by Crippen LogP contribution is 2.27. The van der Waals surface area contributed by atoms with Gasteiger partial charge in [-0.15, -0.1) is 0 Å². The van der Waals surface area contributed by atoms with E-state index < -0.39 is 0 Å². The first-order valence-electron chi connectivity index (χ1n) is 1.59. The van der Waals surface area contributed by atoms with E-state index in [1.807, 2.05) is 5.40 Å². The van der Waals surface area contributed by atoms with E-state index in [-0.39, 0.29) is 13.3 Å². The van der Waals surface area contributed by atoms with Crippen LogP contribution in [0.15, 0.2) is 0 Å². The van der Waals surface area contributed by atoms with Gasteiger partial charge in [0, 0.05) is 7.78 Å². The Morgan fingerprint density at radius 1 is 2.00 bits per heavy atom. The summed E-state index contributed by atoms with van der Waals surface area (Å²) in [5, 5.41) is 9.69. The van der Waals surface area contributed by atoms with E-state index in [9.17, 15) is 4.79 Å². The van der Waals surface area contributed by atoms with Crippen molar-refractivity contribution in [3.8, 4) is 5.40 Å². The first kappa shape index (κ1) is 6.94. The summed E-state index contributed by atoms with van der Waals surface area (Å²) in [6.07, 6.45) is 0. The van der Waals surface area contributed by atoms with Gasteiger partial charge in [-0.3, -0.25) is 4.79 Å². The van der Waals surface area contributed by atoms with Gasteiger partial charge in [0.05, 0.1) is 0 Å². The number of thiocyanates is 1. The number of nitriles is 1. The molecule has 0 N–H and O–H groups in total. The molecule has 1 unspecified atom stereocenters. The van der Waals surface area contributed by atoms with Crippen molar-refractivity contribution in [3.05, 3.63) is 0 Å². The second kappa shape index (κ2) is 4.11. The van der Waals surface area contributed by atoms with Crippen LogP contribution in [0.4, 0.5) is 0 Å². The molecule has 0 bridgehead atoms. The molecule has 0 aromatic heterocycles. The molecule has 0 aliphatic rings. The third-order valence-corrected chi connectivity index (χ3v) is 2.16. The van der Waals surface area contributed by atoms with Crippen molar-refractivity contribution < 1.29 is 4.79 Å². The highest BCUT2D eigenvalue weighted by Gasteiger charge is 1.88. The van der Waals surface area contributed by atoms with Gasteiger partial charge in [0.15, 0.2) is 5.52 Å². The summed E-state index contributed by atoms with van der Waals surface area (Å²) in [6, 6.07) is 0. The third kappa shape index (κ3) is 5.94. The zero-order chi connectivity index (χ0) is 5.70. The largest absolute Gasteiger partial charge is 0.294 e. The Morgan fingerprint density at radius 3 is 2.71 bits per heavy atom. The van der Waals surface area contributed by atoms with Crippen LogP contribution >= 0.6 is 19.2 Å². The summed E-state index contributed by atoms with van der Waals surface area (Å²) in [4.78, 5) is 10.0. The van der Waals surface area contributed by atoms with Gasteiger partial charge in [0.2, 0.25) is 0 Å². The van der Waals surface area contributed by atoms with E-state index in [1.54, 1.807) is 0 Å². The van der Waals surface area contributed by atoms with Gasteiger partial charge in [-0.1, -0.05) is 0 Å². The Balaban J connectivity index is 3.02. The smallest absolute Gasteiger partial charge is 0.159 e. The van der Waals surface area contributed by atoms with Gasteiger partial charge >= 0.3 is 0 Å². The molecule has 0 aliphatic carbocycles. The highest BCUT2D eigenvalue weighted by molar-refractivity contribution is 8.56. The molecule has 0 aromatic carbocycles. The lowest BCUT2D eigenvalue weighted by Crippen LogP contribution is -1.67.